The van der Waals surface area contributed by atoms with Crippen LogP contribution < -0.4 is 5.32 Å². The van der Waals surface area contributed by atoms with E-state index in [9.17, 15) is 5.11 Å². The third-order valence-corrected chi connectivity index (χ3v) is 2.45. The predicted molar refractivity (Wildman–Crippen MR) is 61.4 cm³/mol. The van der Waals surface area contributed by atoms with E-state index in [1.165, 1.54) is 0 Å². The normalized spacial score (nSPS) is 13.7. The zero-order chi connectivity index (χ0) is 11.6. The number of nitrogens with zero attached hydrogens (tertiary/aromatic N) is 2. The molecule has 15 heavy (non-hydrogen) atoms. The van der Waals surface area contributed by atoms with Gasteiger partial charge in [0.1, 0.15) is 11.0 Å². The largest absolute Gasteiger partial charge is 0.388 e. The van der Waals surface area contributed by atoms with Crippen LogP contribution in [0.3, 0.4) is 0 Å². The van der Waals surface area contributed by atoms with Gasteiger partial charge in [-0.2, -0.15) is 0 Å². The van der Waals surface area contributed by atoms with Gasteiger partial charge < -0.3 is 10.4 Å². The fraction of sp³-hybridized carbons (Fsp3) is 0.556. The summed E-state index contributed by atoms with van der Waals surface area (Å²) >= 11 is 11.3. The average Bonchev–Trinajstić information content (AvgIpc) is 1.99. The molecule has 4 nitrogen and oxygen atoms in total. The molecule has 0 bridgehead atoms. The van der Waals surface area contributed by atoms with Crippen molar-refractivity contribution in [1.29, 1.82) is 0 Å². The van der Waals surface area contributed by atoms with Crippen LogP contribution in [0, 0.1) is 0 Å². The van der Waals surface area contributed by atoms with E-state index in [2.05, 4.69) is 15.3 Å². The van der Waals surface area contributed by atoms with Gasteiger partial charge in [0.2, 0.25) is 5.28 Å². The number of rotatable bonds is 3. The Labute approximate surface area is 98.6 Å². The molecule has 0 aromatic carbocycles. The fourth-order valence-electron chi connectivity index (χ4n) is 0.862. The molecule has 1 unspecified atom stereocenters. The van der Waals surface area contributed by atoms with E-state index in [4.69, 9.17) is 23.2 Å². The lowest BCUT2D eigenvalue weighted by Crippen LogP contribution is -2.39. The van der Waals surface area contributed by atoms with E-state index in [1.54, 1.807) is 19.9 Å². The Morgan fingerprint density at radius 2 is 2.00 bits per heavy atom. The molecule has 1 rings (SSSR count). The van der Waals surface area contributed by atoms with Gasteiger partial charge in [-0.05, 0) is 32.4 Å². The summed E-state index contributed by atoms with van der Waals surface area (Å²) in [4.78, 5) is 7.66. The summed E-state index contributed by atoms with van der Waals surface area (Å²) in [7, 11) is 0. The monoisotopic (exact) mass is 249 g/mol. The van der Waals surface area contributed by atoms with E-state index >= 15 is 0 Å². The van der Waals surface area contributed by atoms with Gasteiger partial charge in [-0.1, -0.05) is 11.6 Å². The van der Waals surface area contributed by atoms with Crippen LogP contribution in [-0.2, 0) is 0 Å². The summed E-state index contributed by atoms with van der Waals surface area (Å²) in [6.07, 6.45) is 0. The molecule has 0 saturated heterocycles. The molecule has 0 spiro atoms. The Balaban J connectivity index is 2.81. The minimum atomic E-state index is -0.857. The molecule has 0 saturated carbocycles. The van der Waals surface area contributed by atoms with E-state index in [0.29, 0.717) is 5.82 Å². The highest BCUT2D eigenvalue weighted by atomic mass is 35.5. The SMILES string of the molecule is CC(Nc1cc(Cl)nc(Cl)n1)C(C)(C)O. The second-order valence-electron chi connectivity index (χ2n) is 3.86. The average molecular weight is 250 g/mol. The van der Waals surface area contributed by atoms with E-state index in [1.807, 2.05) is 6.92 Å². The Hall–Kier alpha value is -0.580. The number of halogens is 2. The third-order valence-electron chi connectivity index (χ3n) is 2.09. The Kier molecular flexibility index (Phi) is 3.76. The maximum atomic E-state index is 9.71. The van der Waals surface area contributed by atoms with Crippen molar-refractivity contribution in [3.05, 3.63) is 16.5 Å². The number of nitrogens with one attached hydrogen (secondary N) is 1. The van der Waals surface area contributed by atoms with Gasteiger partial charge in [0.15, 0.2) is 0 Å². The Morgan fingerprint density at radius 3 is 2.47 bits per heavy atom. The molecule has 1 atom stereocenters. The van der Waals surface area contributed by atoms with E-state index in [-0.39, 0.29) is 16.5 Å². The second kappa shape index (κ2) is 4.51. The molecule has 0 amide bonds. The molecular formula is C9H13Cl2N3O. The minimum Gasteiger partial charge on any atom is -0.388 e. The molecule has 6 heteroatoms. The van der Waals surface area contributed by atoms with Crippen molar-refractivity contribution in [3.63, 3.8) is 0 Å². The summed E-state index contributed by atoms with van der Waals surface area (Å²) in [5.41, 5.74) is -0.857. The molecule has 0 radical (unpaired) electrons. The van der Waals surface area contributed by atoms with Gasteiger partial charge in [-0.15, -0.1) is 0 Å². The van der Waals surface area contributed by atoms with Crippen LogP contribution in [0.4, 0.5) is 5.82 Å². The van der Waals surface area contributed by atoms with Gasteiger partial charge >= 0.3 is 0 Å². The summed E-state index contributed by atoms with van der Waals surface area (Å²) in [5, 5.41) is 13.0. The maximum absolute atomic E-state index is 9.71. The van der Waals surface area contributed by atoms with Gasteiger partial charge in [0.05, 0.1) is 11.6 Å². The number of anilines is 1. The zero-order valence-corrected chi connectivity index (χ0v) is 10.3. The highest BCUT2D eigenvalue weighted by molar-refractivity contribution is 6.32. The predicted octanol–water partition coefficient (Wildman–Crippen LogP) is 2.35. The molecule has 2 N–H and O–H groups in total. The quantitative estimate of drug-likeness (QED) is 0.638. The molecule has 84 valence electrons. The van der Waals surface area contributed by atoms with Crippen LogP contribution in [0.5, 0.6) is 0 Å². The van der Waals surface area contributed by atoms with E-state index < -0.39 is 5.60 Å². The lowest BCUT2D eigenvalue weighted by Gasteiger charge is -2.27. The molecule has 0 aliphatic carbocycles. The number of hydrogen-bond donors (Lipinski definition) is 2. The molecule has 0 aliphatic heterocycles. The molecule has 0 fully saturated rings. The first-order chi connectivity index (χ1) is 6.79. The smallest absolute Gasteiger partial charge is 0.225 e. The number of hydrogen-bond acceptors (Lipinski definition) is 4. The van der Waals surface area contributed by atoms with Crippen molar-refractivity contribution in [2.45, 2.75) is 32.4 Å². The Morgan fingerprint density at radius 1 is 1.40 bits per heavy atom. The number of aliphatic hydroxyl groups is 1. The van der Waals surface area contributed by atoms with Gasteiger partial charge in [-0.25, -0.2) is 9.97 Å². The van der Waals surface area contributed by atoms with E-state index in [0.717, 1.165) is 0 Å². The van der Waals surface area contributed by atoms with Crippen molar-refractivity contribution in [1.82, 2.24) is 9.97 Å². The van der Waals surface area contributed by atoms with Crippen LogP contribution in [-0.4, -0.2) is 26.7 Å². The third kappa shape index (κ3) is 3.81. The molecule has 1 aromatic rings. The highest BCUT2D eigenvalue weighted by Gasteiger charge is 2.22. The van der Waals surface area contributed by atoms with Gasteiger partial charge in [-0.3, -0.25) is 0 Å². The first-order valence-corrected chi connectivity index (χ1v) is 5.23. The maximum Gasteiger partial charge on any atom is 0.225 e. The standard InChI is InChI=1S/C9H13Cl2N3O/c1-5(9(2,3)15)12-7-4-6(10)13-8(11)14-7/h4-5,15H,1-3H3,(H,12,13,14). The van der Waals surface area contributed by atoms with Crippen molar-refractivity contribution in [2.24, 2.45) is 0 Å². The van der Waals surface area contributed by atoms with Crippen molar-refractivity contribution in [3.8, 4) is 0 Å². The minimum absolute atomic E-state index is 0.0768. The first kappa shape index (κ1) is 12.5. The summed E-state index contributed by atoms with van der Waals surface area (Å²) in [5.74, 6) is 0.495. The van der Waals surface area contributed by atoms with Crippen LogP contribution in [0.25, 0.3) is 0 Å². The highest BCUT2D eigenvalue weighted by Crippen LogP contribution is 2.18. The molecule has 1 aromatic heterocycles. The van der Waals surface area contributed by atoms with Crippen LogP contribution >= 0.6 is 23.2 Å². The van der Waals surface area contributed by atoms with Crippen LogP contribution in [0.2, 0.25) is 10.4 Å². The van der Waals surface area contributed by atoms with Crippen molar-refractivity contribution < 1.29 is 5.11 Å². The molecular weight excluding hydrogens is 237 g/mol. The summed E-state index contributed by atoms with van der Waals surface area (Å²) < 4.78 is 0. The second-order valence-corrected chi connectivity index (χ2v) is 4.59. The zero-order valence-electron chi connectivity index (χ0n) is 8.75. The van der Waals surface area contributed by atoms with Gasteiger partial charge in [0, 0.05) is 6.07 Å². The van der Waals surface area contributed by atoms with Gasteiger partial charge in [0.25, 0.3) is 0 Å². The Bertz CT molecular complexity index is 331. The molecule has 0 aliphatic rings. The fourth-order valence-corrected chi connectivity index (χ4v) is 1.27. The topological polar surface area (TPSA) is 58.0 Å². The molecule has 1 heterocycles. The number of aromatic nitrogens is 2. The van der Waals surface area contributed by atoms with Crippen molar-refractivity contribution in [2.75, 3.05) is 5.32 Å². The van der Waals surface area contributed by atoms with Crippen LogP contribution in [0.15, 0.2) is 6.07 Å². The van der Waals surface area contributed by atoms with Crippen LogP contribution in [0.1, 0.15) is 20.8 Å². The first-order valence-electron chi connectivity index (χ1n) is 4.48. The summed E-state index contributed by atoms with van der Waals surface area (Å²) in [6, 6.07) is 1.37. The lowest BCUT2D eigenvalue weighted by atomic mass is 10.0. The summed E-state index contributed by atoms with van der Waals surface area (Å²) in [6.45, 7) is 5.24. The van der Waals surface area contributed by atoms with Crippen molar-refractivity contribution >= 4 is 29.0 Å². The lowest BCUT2D eigenvalue weighted by molar-refractivity contribution is 0.0648.